The first-order valence-corrected chi connectivity index (χ1v) is 7.13. The molecular weight excluding hydrogens is 232 g/mol. The summed E-state index contributed by atoms with van der Waals surface area (Å²) in [7, 11) is 0. The van der Waals surface area contributed by atoms with E-state index in [1.54, 1.807) is 11.8 Å². The Morgan fingerprint density at radius 2 is 2.29 bits per heavy atom. The molecule has 1 aromatic rings. The van der Waals surface area contributed by atoms with Gasteiger partial charge >= 0.3 is 0 Å². The maximum absolute atomic E-state index is 12.0. The van der Waals surface area contributed by atoms with Gasteiger partial charge in [-0.3, -0.25) is 10.1 Å². The second kappa shape index (κ2) is 6.07. The van der Waals surface area contributed by atoms with E-state index < -0.39 is 0 Å². The van der Waals surface area contributed by atoms with Gasteiger partial charge in [0.05, 0.1) is 12.1 Å². The molecule has 1 amide bonds. The fourth-order valence-corrected chi connectivity index (χ4v) is 2.88. The van der Waals surface area contributed by atoms with E-state index in [1.165, 1.54) is 5.56 Å². The van der Waals surface area contributed by atoms with Crippen LogP contribution in [0.5, 0.6) is 0 Å². The highest BCUT2D eigenvalue weighted by Gasteiger charge is 2.24. The third-order valence-corrected chi connectivity index (χ3v) is 3.90. The van der Waals surface area contributed by atoms with E-state index >= 15 is 0 Å². The van der Waals surface area contributed by atoms with Crippen LogP contribution in [0.2, 0.25) is 0 Å². The number of amides is 1. The molecule has 1 aliphatic rings. The van der Waals surface area contributed by atoms with Gasteiger partial charge in [-0.1, -0.05) is 37.3 Å². The number of carbonyl (C=O) groups is 1. The Kier molecular flexibility index (Phi) is 4.45. The zero-order valence-electron chi connectivity index (χ0n) is 9.98. The average Bonchev–Trinajstić information content (AvgIpc) is 2.90. The number of hydrogen-bond acceptors (Lipinski definition) is 3. The minimum atomic E-state index is -0.0298. The van der Waals surface area contributed by atoms with Crippen LogP contribution in [0.3, 0.4) is 0 Å². The summed E-state index contributed by atoms with van der Waals surface area (Å²) >= 11 is 1.77. The van der Waals surface area contributed by atoms with Gasteiger partial charge in [-0.15, -0.1) is 11.8 Å². The highest BCUT2D eigenvalue weighted by atomic mass is 32.2. The van der Waals surface area contributed by atoms with Crippen LogP contribution in [0, 0.1) is 0 Å². The van der Waals surface area contributed by atoms with Crippen LogP contribution in [0.1, 0.15) is 24.9 Å². The van der Waals surface area contributed by atoms with Gasteiger partial charge in [-0.2, -0.15) is 0 Å². The molecule has 1 heterocycles. The highest BCUT2D eigenvalue weighted by molar-refractivity contribution is 7.99. The van der Waals surface area contributed by atoms with E-state index in [0.717, 1.165) is 18.1 Å². The lowest BCUT2D eigenvalue weighted by atomic mass is 10.0. The highest BCUT2D eigenvalue weighted by Crippen LogP contribution is 2.17. The lowest BCUT2D eigenvalue weighted by Gasteiger charge is -2.19. The van der Waals surface area contributed by atoms with Gasteiger partial charge in [0.1, 0.15) is 0 Å². The molecule has 2 unspecified atom stereocenters. The number of hydrogen-bond donors (Lipinski definition) is 2. The fourth-order valence-electron chi connectivity index (χ4n) is 1.94. The predicted molar refractivity (Wildman–Crippen MR) is 71.9 cm³/mol. The van der Waals surface area contributed by atoms with E-state index in [4.69, 9.17) is 0 Å². The maximum atomic E-state index is 12.0. The Bertz CT molecular complexity index is 363. The number of nitrogens with one attached hydrogen (secondary N) is 2. The molecule has 17 heavy (non-hydrogen) atoms. The van der Waals surface area contributed by atoms with Crippen molar-refractivity contribution >= 4 is 17.7 Å². The molecule has 2 rings (SSSR count). The molecule has 0 bridgehead atoms. The lowest BCUT2D eigenvalue weighted by molar-refractivity contribution is -0.123. The molecular formula is C13H18N2OS. The quantitative estimate of drug-likeness (QED) is 0.858. The maximum Gasteiger partial charge on any atom is 0.238 e. The monoisotopic (exact) mass is 250 g/mol. The Morgan fingerprint density at radius 3 is 2.88 bits per heavy atom. The summed E-state index contributed by atoms with van der Waals surface area (Å²) in [5.41, 5.74) is 1.18. The topological polar surface area (TPSA) is 41.1 Å². The minimum Gasteiger partial charge on any atom is -0.348 e. The Balaban J connectivity index is 1.97. The molecule has 0 radical (unpaired) electrons. The van der Waals surface area contributed by atoms with Crippen LogP contribution >= 0.6 is 11.8 Å². The Morgan fingerprint density at radius 1 is 1.53 bits per heavy atom. The van der Waals surface area contributed by atoms with Crippen molar-refractivity contribution in [1.29, 1.82) is 0 Å². The fraction of sp³-hybridized carbons (Fsp3) is 0.462. The normalized spacial score (nSPS) is 21.1. The molecule has 3 nitrogen and oxygen atoms in total. The largest absolute Gasteiger partial charge is 0.348 e. The van der Waals surface area contributed by atoms with Crippen molar-refractivity contribution < 1.29 is 4.79 Å². The molecule has 2 N–H and O–H groups in total. The van der Waals surface area contributed by atoms with E-state index in [9.17, 15) is 4.79 Å². The number of benzene rings is 1. The van der Waals surface area contributed by atoms with E-state index in [2.05, 4.69) is 29.7 Å². The SMILES string of the molecule is CCC(NC(=O)C1CSCN1)c1ccccc1. The third-order valence-electron chi connectivity index (χ3n) is 2.96. The standard InChI is InChI=1S/C13H18N2OS/c1-2-11(10-6-4-3-5-7-10)15-13(16)12-8-17-9-14-12/h3-7,11-12,14H,2,8-9H2,1H3,(H,15,16). The number of thioether (sulfide) groups is 1. The minimum absolute atomic E-state index is 0.0298. The van der Waals surface area contributed by atoms with Gasteiger partial charge in [0, 0.05) is 11.6 Å². The van der Waals surface area contributed by atoms with Crippen molar-refractivity contribution in [2.24, 2.45) is 0 Å². The summed E-state index contributed by atoms with van der Waals surface area (Å²) in [6.45, 7) is 2.09. The van der Waals surface area contributed by atoms with E-state index in [1.807, 2.05) is 18.2 Å². The van der Waals surface area contributed by atoms with Crippen molar-refractivity contribution in [1.82, 2.24) is 10.6 Å². The molecule has 0 spiro atoms. The second-order valence-electron chi connectivity index (χ2n) is 4.15. The third kappa shape index (κ3) is 3.23. The van der Waals surface area contributed by atoms with Crippen molar-refractivity contribution in [2.45, 2.75) is 25.4 Å². The number of carbonyl (C=O) groups excluding carboxylic acids is 1. The lowest BCUT2D eigenvalue weighted by Crippen LogP contribution is -2.43. The summed E-state index contributed by atoms with van der Waals surface area (Å²) < 4.78 is 0. The van der Waals surface area contributed by atoms with Crippen LogP contribution in [0.4, 0.5) is 0 Å². The molecule has 92 valence electrons. The van der Waals surface area contributed by atoms with Crippen LogP contribution in [-0.2, 0) is 4.79 Å². The molecule has 4 heteroatoms. The van der Waals surface area contributed by atoms with Gasteiger partial charge in [0.2, 0.25) is 5.91 Å². The summed E-state index contributed by atoms with van der Waals surface area (Å²) in [5.74, 6) is 1.86. The van der Waals surface area contributed by atoms with Gasteiger partial charge in [0.15, 0.2) is 0 Å². The van der Waals surface area contributed by atoms with E-state index in [0.29, 0.717) is 0 Å². The molecule has 0 aromatic heterocycles. The first-order chi connectivity index (χ1) is 8.31. The van der Waals surface area contributed by atoms with Gasteiger partial charge < -0.3 is 5.32 Å². The molecule has 1 aromatic carbocycles. The molecule has 0 saturated carbocycles. The van der Waals surface area contributed by atoms with Gasteiger partial charge in [0.25, 0.3) is 0 Å². The Hall–Kier alpha value is -1.00. The first-order valence-electron chi connectivity index (χ1n) is 5.97. The smallest absolute Gasteiger partial charge is 0.238 e. The summed E-state index contributed by atoms with van der Waals surface area (Å²) in [5, 5.41) is 6.30. The summed E-state index contributed by atoms with van der Waals surface area (Å²) in [4.78, 5) is 12.0. The summed E-state index contributed by atoms with van der Waals surface area (Å²) in [6, 6.07) is 10.2. The van der Waals surface area contributed by atoms with Crippen LogP contribution in [0.25, 0.3) is 0 Å². The Labute approximate surface area is 106 Å². The van der Waals surface area contributed by atoms with Gasteiger partial charge in [-0.05, 0) is 12.0 Å². The molecule has 1 aliphatic heterocycles. The molecule has 0 aliphatic carbocycles. The van der Waals surface area contributed by atoms with E-state index in [-0.39, 0.29) is 18.0 Å². The van der Waals surface area contributed by atoms with Crippen molar-refractivity contribution in [3.05, 3.63) is 35.9 Å². The average molecular weight is 250 g/mol. The second-order valence-corrected chi connectivity index (χ2v) is 5.18. The van der Waals surface area contributed by atoms with Crippen LogP contribution < -0.4 is 10.6 Å². The van der Waals surface area contributed by atoms with Crippen molar-refractivity contribution in [3.63, 3.8) is 0 Å². The first kappa shape index (κ1) is 12.5. The van der Waals surface area contributed by atoms with Crippen LogP contribution in [0.15, 0.2) is 30.3 Å². The number of rotatable bonds is 4. The zero-order chi connectivity index (χ0) is 12.1. The van der Waals surface area contributed by atoms with Crippen LogP contribution in [-0.4, -0.2) is 23.6 Å². The summed E-state index contributed by atoms with van der Waals surface area (Å²) in [6.07, 6.45) is 0.912. The predicted octanol–water partition coefficient (Wildman–Crippen LogP) is 1.92. The van der Waals surface area contributed by atoms with Gasteiger partial charge in [-0.25, -0.2) is 0 Å². The van der Waals surface area contributed by atoms with Crippen molar-refractivity contribution in [2.75, 3.05) is 11.6 Å². The van der Waals surface area contributed by atoms with Crippen molar-refractivity contribution in [3.8, 4) is 0 Å². The molecule has 1 fully saturated rings. The molecule has 2 atom stereocenters. The molecule has 1 saturated heterocycles. The zero-order valence-corrected chi connectivity index (χ0v) is 10.8.